The van der Waals surface area contributed by atoms with Crippen LogP contribution in [0, 0.1) is 15.9 Å². The fourth-order valence-corrected chi connectivity index (χ4v) is 4.11. The van der Waals surface area contributed by atoms with Gasteiger partial charge < -0.3 is 4.90 Å². The molecule has 0 aliphatic carbocycles. The number of nitro groups is 1. The molecule has 0 fully saturated rings. The van der Waals surface area contributed by atoms with Crippen LogP contribution in [0.2, 0.25) is 0 Å². The molecule has 0 unspecified atom stereocenters. The van der Waals surface area contributed by atoms with Gasteiger partial charge in [0.05, 0.1) is 9.62 Å². The predicted octanol–water partition coefficient (Wildman–Crippen LogP) is 4.73. The summed E-state index contributed by atoms with van der Waals surface area (Å²) in [6, 6.07) is 10.8. The third-order valence-electron chi connectivity index (χ3n) is 4.89. The van der Waals surface area contributed by atoms with Gasteiger partial charge in [0.1, 0.15) is 11.3 Å². The highest BCUT2D eigenvalue weighted by molar-refractivity contribution is 7.22. The summed E-state index contributed by atoms with van der Waals surface area (Å²) in [5.41, 5.74) is 0.738. The summed E-state index contributed by atoms with van der Waals surface area (Å²) in [7, 11) is 0. The average molecular weight is 443 g/mol. The second-order valence-corrected chi connectivity index (χ2v) is 7.79. The van der Waals surface area contributed by atoms with E-state index in [0.717, 1.165) is 13.1 Å². The second-order valence-electron chi connectivity index (χ2n) is 6.79. The van der Waals surface area contributed by atoms with Gasteiger partial charge in [-0.25, -0.2) is 9.37 Å². The molecule has 1 amide bonds. The molecule has 3 rings (SSSR count). The number of non-ortho nitro benzene ring substituents is 1. The lowest BCUT2D eigenvalue weighted by molar-refractivity contribution is -0.384. The van der Waals surface area contributed by atoms with Crippen molar-refractivity contribution < 1.29 is 14.1 Å². The van der Waals surface area contributed by atoms with E-state index in [-0.39, 0.29) is 17.1 Å². The van der Waals surface area contributed by atoms with Gasteiger partial charge in [0, 0.05) is 31.3 Å². The molecule has 0 atom stereocenters. The van der Waals surface area contributed by atoms with Crippen LogP contribution in [0.5, 0.6) is 0 Å². The standard InChI is InChI=1S/C22H23FN4O3S/c1-3-25(4-2)13-14-26(22-24-21-18(23)9-6-10-19(21)31-22)20(28)12-11-16-7-5-8-17(15-16)27(29)30/h5-12,15H,3-4,13-14H2,1-2H3. The number of para-hydroxylation sites is 1. The third kappa shape index (κ3) is 5.50. The van der Waals surface area contributed by atoms with Crippen LogP contribution in [-0.4, -0.2) is 46.9 Å². The predicted molar refractivity (Wildman–Crippen MR) is 122 cm³/mol. The molecule has 0 spiro atoms. The molecule has 0 bridgehead atoms. The first-order chi connectivity index (χ1) is 14.9. The number of rotatable bonds is 9. The van der Waals surface area contributed by atoms with E-state index in [0.29, 0.717) is 28.5 Å². The van der Waals surface area contributed by atoms with Crippen molar-refractivity contribution >= 4 is 44.4 Å². The minimum absolute atomic E-state index is 0.0466. The lowest BCUT2D eigenvalue weighted by atomic mass is 10.2. The number of fused-ring (bicyclic) bond motifs is 1. The van der Waals surface area contributed by atoms with E-state index in [4.69, 9.17) is 0 Å². The minimum Gasteiger partial charge on any atom is -0.302 e. The van der Waals surface area contributed by atoms with Crippen LogP contribution in [0.1, 0.15) is 19.4 Å². The molecule has 9 heteroatoms. The van der Waals surface area contributed by atoms with Gasteiger partial charge in [-0.1, -0.05) is 43.4 Å². The highest BCUT2D eigenvalue weighted by atomic mass is 32.1. The molecule has 2 aromatic carbocycles. The van der Waals surface area contributed by atoms with Crippen LogP contribution < -0.4 is 4.90 Å². The Bertz CT molecular complexity index is 1110. The monoisotopic (exact) mass is 442 g/mol. The van der Waals surface area contributed by atoms with Crippen molar-refractivity contribution in [3.63, 3.8) is 0 Å². The van der Waals surface area contributed by atoms with Crippen molar-refractivity contribution in [1.29, 1.82) is 0 Å². The van der Waals surface area contributed by atoms with Crippen LogP contribution >= 0.6 is 11.3 Å². The van der Waals surface area contributed by atoms with E-state index < -0.39 is 10.7 Å². The number of likely N-dealkylation sites (N-methyl/N-ethyl adjacent to an activating group) is 1. The Morgan fingerprint density at radius 1 is 1.19 bits per heavy atom. The van der Waals surface area contributed by atoms with Gasteiger partial charge in [-0.15, -0.1) is 0 Å². The zero-order valence-corrected chi connectivity index (χ0v) is 18.1. The molecule has 162 valence electrons. The van der Waals surface area contributed by atoms with Gasteiger partial charge in [-0.3, -0.25) is 19.8 Å². The molecule has 31 heavy (non-hydrogen) atoms. The van der Waals surface area contributed by atoms with Crippen molar-refractivity contribution in [2.45, 2.75) is 13.8 Å². The lowest BCUT2D eigenvalue weighted by Crippen LogP contribution is -2.38. The number of aromatic nitrogens is 1. The van der Waals surface area contributed by atoms with E-state index >= 15 is 0 Å². The van der Waals surface area contributed by atoms with Gasteiger partial charge >= 0.3 is 0 Å². The first-order valence-electron chi connectivity index (χ1n) is 9.94. The van der Waals surface area contributed by atoms with Crippen molar-refractivity contribution in [3.05, 3.63) is 70.0 Å². The summed E-state index contributed by atoms with van der Waals surface area (Å²) in [5, 5.41) is 11.4. The van der Waals surface area contributed by atoms with E-state index in [1.807, 2.05) is 13.8 Å². The van der Waals surface area contributed by atoms with Gasteiger partial charge in [0.2, 0.25) is 0 Å². The number of anilines is 1. The average Bonchev–Trinajstić information content (AvgIpc) is 3.20. The highest BCUT2D eigenvalue weighted by Gasteiger charge is 2.20. The van der Waals surface area contributed by atoms with Crippen molar-refractivity contribution in [2.24, 2.45) is 0 Å². The Labute approximate surface area is 183 Å². The molecule has 0 N–H and O–H groups in total. The van der Waals surface area contributed by atoms with Crippen LogP contribution in [0.15, 0.2) is 48.5 Å². The molecule has 3 aromatic rings. The quantitative estimate of drug-likeness (QED) is 0.272. The van der Waals surface area contributed by atoms with Crippen LogP contribution in [0.25, 0.3) is 16.3 Å². The zero-order chi connectivity index (χ0) is 22.4. The van der Waals surface area contributed by atoms with E-state index in [2.05, 4.69) is 9.88 Å². The van der Waals surface area contributed by atoms with Crippen LogP contribution in [0.4, 0.5) is 15.2 Å². The molecule has 1 aromatic heterocycles. The third-order valence-corrected chi connectivity index (χ3v) is 5.93. The maximum absolute atomic E-state index is 14.1. The molecule has 0 radical (unpaired) electrons. The van der Waals surface area contributed by atoms with E-state index in [1.165, 1.54) is 46.6 Å². The minimum atomic E-state index is -0.481. The summed E-state index contributed by atoms with van der Waals surface area (Å²) in [6.45, 7) is 6.81. The summed E-state index contributed by atoms with van der Waals surface area (Å²) >= 11 is 1.26. The second kappa shape index (κ2) is 10.2. The molecule has 0 saturated heterocycles. The molecule has 0 aliphatic rings. The van der Waals surface area contributed by atoms with Crippen molar-refractivity contribution in [1.82, 2.24) is 9.88 Å². The van der Waals surface area contributed by atoms with Crippen molar-refractivity contribution in [2.75, 3.05) is 31.1 Å². The van der Waals surface area contributed by atoms with Gasteiger partial charge in [0.25, 0.3) is 11.6 Å². The normalized spacial score (nSPS) is 11.5. The largest absolute Gasteiger partial charge is 0.302 e. The molecular formula is C22H23FN4O3S. The summed E-state index contributed by atoms with van der Waals surface area (Å²) in [5.74, 6) is -0.749. The Kier molecular flexibility index (Phi) is 7.43. The first kappa shape index (κ1) is 22.5. The summed E-state index contributed by atoms with van der Waals surface area (Å²) < 4.78 is 14.8. The zero-order valence-electron chi connectivity index (χ0n) is 17.3. The smallest absolute Gasteiger partial charge is 0.270 e. The number of hydrogen-bond acceptors (Lipinski definition) is 6. The molecule has 0 saturated carbocycles. The highest BCUT2D eigenvalue weighted by Crippen LogP contribution is 2.30. The Hall–Kier alpha value is -3.17. The fourth-order valence-electron chi connectivity index (χ4n) is 3.10. The van der Waals surface area contributed by atoms with Gasteiger partial charge in [0.15, 0.2) is 5.13 Å². The molecule has 1 heterocycles. The summed E-state index contributed by atoms with van der Waals surface area (Å²) in [4.78, 5) is 31.6. The number of nitro benzene ring substituents is 1. The van der Waals surface area contributed by atoms with Gasteiger partial charge in [-0.2, -0.15) is 0 Å². The lowest BCUT2D eigenvalue weighted by Gasteiger charge is -2.23. The Morgan fingerprint density at radius 2 is 1.94 bits per heavy atom. The number of amides is 1. The molecular weight excluding hydrogens is 419 g/mol. The number of halogens is 1. The fraction of sp³-hybridized carbons (Fsp3) is 0.273. The molecule has 7 nitrogen and oxygen atoms in total. The van der Waals surface area contributed by atoms with Gasteiger partial charge in [-0.05, 0) is 36.9 Å². The van der Waals surface area contributed by atoms with Crippen molar-refractivity contribution in [3.8, 4) is 0 Å². The maximum Gasteiger partial charge on any atom is 0.270 e. The van der Waals surface area contributed by atoms with Crippen LogP contribution in [-0.2, 0) is 4.79 Å². The summed E-state index contributed by atoms with van der Waals surface area (Å²) in [6.07, 6.45) is 2.90. The topological polar surface area (TPSA) is 79.6 Å². The number of thiazole rings is 1. The number of nitrogens with zero attached hydrogens (tertiary/aromatic N) is 4. The van der Waals surface area contributed by atoms with E-state index in [1.54, 1.807) is 24.3 Å². The SMILES string of the molecule is CCN(CC)CCN(C(=O)C=Cc1cccc([N+](=O)[O-])c1)c1nc2c(F)cccc2s1. The number of hydrogen-bond donors (Lipinski definition) is 0. The van der Waals surface area contributed by atoms with Crippen LogP contribution in [0.3, 0.4) is 0 Å². The number of carbonyl (C=O) groups excluding carboxylic acids is 1. The molecule has 0 aliphatic heterocycles. The first-order valence-corrected chi connectivity index (χ1v) is 10.8. The Morgan fingerprint density at radius 3 is 2.61 bits per heavy atom. The number of benzene rings is 2. The number of carbonyl (C=O) groups is 1. The maximum atomic E-state index is 14.1. The Balaban J connectivity index is 1.89. The van der Waals surface area contributed by atoms with E-state index in [9.17, 15) is 19.3 Å².